The van der Waals surface area contributed by atoms with Gasteiger partial charge < -0.3 is 9.73 Å². The van der Waals surface area contributed by atoms with Crippen LogP contribution in [0, 0.1) is 6.92 Å². The van der Waals surface area contributed by atoms with E-state index in [2.05, 4.69) is 68.6 Å². The first kappa shape index (κ1) is 13.9. The average molecular weight is 279 g/mol. The number of nitrogens with one attached hydrogen (secondary N) is 1. The summed E-state index contributed by atoms with van der Waals surface area (Å²) in [6.07, 6.45) is 0. The smallest absolute Gasteiger partial charge is 0.134 e. The van der Waals surface area contributed by atoms with E-state index in [0.29, 0.717) is 6.04 Å². The van der Waals surface area contributed by atoms with Crippen molar-refractivity contribution in [1.29, 1.82) is 0 Å². The van der Waals surface area contributed by atoms with E-state index in [1.54, 1.807) is 0 Å². The van der Waals surface area contributed by atoms with Crippen molar-refractivity contribution in [1.82, 2.24) is 5.32 Å². The molecule has 0 aliphatic carbocycles. The Bertz CT molecular complexity index is 741. The number of rotatable bonds is 4. The van der Waals surface area contributed by atoms with Gasteiger partial charge in [-0.05, 0) is 35.7 Å². The molecule has 2 aromatic carbocycles. The van der Waals surface area contributed by atoms with Crippen LogP contribution in [-0.2, 0) is 6.54 Å². The summed E-state index contributed by atoms with van der Waals surface area (Å²) in [5, 5.41) is 4.62. The summed E-state index contributed by atoms with van der Waals surface area (Å²) in [5.41, 5.74) is 4.67. The van der Waals surface area contributed by atoms with E-state index >= 15 is 0 Å². The maximum absolute atomic E-state index is 5.98. The SMILES string of the molecule is Cc1c(CNC(C)C)oc2ccc(-c3ccccc3)cc12. The van der Waals surface area contributed by atoms with Crippen LogP contribution in [0.5, 0.6) is 0 Å². The second kappa shape index (κ2) is 5.74. The highest BCUT2D eigenvalue weighted by Crippen LogP contribution is 2.30. The Balaban J connectivity index is 2.00. The third-order valence-corrected chi connectivity index (χ3v) is 3.81. The molecule has 0 aliphatic rings. The zero-order valence-corrected chi connectivity index (χ0v) is 12.8. The summed E-state index contributed by atoms with van der Waals surface area (Å²) < 4.78 is 5.98. The van der Waals surface area contributed by atoms with E-state index in [1.165, 1.54) is 22.1 Å². The Morgan fingerprint density at radius 1 is 1.00 bits per heavy atom. The van der Waals surface area contributed by atoms with Crippen LogP contribution < -0.4 is 5.32 Å². The third kappa shape index (κ3) is 2.86. The predicted molar refractivity (Wildman–Crippen MR) is 88.4 cm³/mol. The van der Waals surface area contributed by atoms with Crippen LogP contribution in [-0.4, -0.2) is 6.04 Å². The van der Waals surface area contributed by atoms with Crippen molar-refractivity contribution in [3.63, 3.8) is 0 Å². The van der Waals surface area contributed by atoms with Crippen molar-refractivity contribution < 1.29 is 4.42 Å². The highest BCUT2D eigenvalue weighted by atomic mass is 16.3. The number of benzene rings is 2. The van der Waals surface area contributed by atoms with Gasteiger partial charge in [-0.2, -0.15) is 0 Å². The quantitative estimate of drug-likeness (QED) is 0.734. The second-order valence-corrected chi connectivity index (χ2v) is 5.76. The fourth-order valence-electron chi connectivity index (χ4n) is 2.55. The Morgan fingerprint density at radius 3 is 2.48 bits per heavy atom. The molecule has 0 fully saturated rings. The first-order valence-electron chi connectivity index (χ1n) is 7.46. The third-order valence-electron chi connectivity index (χ3n) is 3.81. The van der Waals surface area contributed by atoms with Gasteiger partial charge in [-0.3, -0.25) is 0 Å². The van der Waals surface area contributed by atoms with Crippen LogP contribution in [0.3, 0.4) is 0 Å². The molecule has 0 saturated carbocycles. The molecule has 2 heteroatoms. The van der Waals surface area contributed by atoms with E-state index in [-0.39, 0.29) is 0 Å². The zero-order valence-electron chi connectivity index (χ0n) is 12.8. The van der Waals surface area contributed by atoms with Gasteiger partial charge in [-0.25, -0.2) is 0 Å². The normalized spacial score (nSPS) is 11.4. The van der Waals surface area contributed by atoms with Gasteiger partial charge in [-0.15, -0.1) is 0 Å². The topological polar surface area (TPSA) is 25.2 Å². The van der Waals surface area contributed by atoms with Crippen LogP contribution >= 0.6 is 0 Å². The number of fused-ring (bicyclic) bond motifs is 1. The Labute approximate surface area is 125 Å². The van der Waals surface area contributed by atoms with Crippen LogP contribution in [0.25, 0.3) is 22.1 Å². The van der Waals surface area contributed by atoms with Crippen molar-refractivity contribution >= 4 is 11.0 Å². The van der Waals surface area contributed by atoms with Crippen LogP contribution in [0.15, 0.2) is 52.9 Å². The molecule has 0 radical (unpaired) electrons. The Morgan fingerprint density at radius 2 is 1.76 bits per heavy atom. The summed E-state index contributed by atoms with van der Waals surface area (Å²) in [4.78, 5) is 0. The van der Waals surface area contributed by atoms with Crippen molar-refractivity contribution in [2.24, 2.45) is 0 Å². The number of aryl methyl sites for hydroxylation is 1. The second-order valence-electron chi connectivity index (χ2n) is 5.76. The summed E-state index contributed by atoms with van der Waals surface area (Å²) in [6.45, 7) is 7.20. The van der Waals surface area contributed by atoms with Gasteiger partial charge in [0, 0.05) is 11.4 Å². The van der Waals surface area contributed by atoms with E-state index in [9.17, 15) is 0 Å². The van der Waals surface area contributed by atoms with Crippen LogP contribution in [0.1, 0.15) is 25.2 Å². The summed E-state index contributed by atoms with van der Waals surface area (Å²) in [7, 11) is 0. The molecule has 0 saturated heterocycles. The first-order chi connectivity index (χ1) is 10.1. The van der Waals surface area contributed by atoms with Crippen molar-refractivity contribution in [3.8, 4) is 11.1 Å². The molecule has 108 valence electrons. The molecule has 0 aliphatic heterocycles. The van der Waals surface area contributed by atoms with E-state index in [0.717, 1.165) is 17.9 Å². The molecule has 3 aromatic rings. The minimum absolute atomic E-state index is 0.456. The molecule has 3 rings (SSSR count). The van der Waals surface area contributed by atoms with Gasteiger partial charge in [0.2, 0.25) is 0 Å². The molecular weight excluding hydrogens is 258 g/mol. The zero-order chi connectivity index (χ0) is 14.8. The highest BCUT2D eigenvalue weighted by molar-refractivity contribution is 5.87. The average Bonchev–Trinajstić information content (AvgIpc) is 2.82. The van der Waals surface area contributed by atoms with Gasteiger partial charge in [0.1, 0.15) is 11.3 Å². The van der Waals surface area contributed by atoms with Gasteiger partial charge in [0.05, 0.1) is 6.54 Å². The van der Waals surface area contributed by atoms with Crippen LogP contribution in [0.4, 0.5) is 0 Å². The minimum Gasteiger partial charge on any atom is -0.459 e. The molecule has 1 N–H and O–H groups in total. The maximum Gasteiger partial charge on any atom is 0.134 e. The predicted octanol–water partition coefficient (Wildman–Crippen LogP) is 4.91. The molecule has 1 heterocycles. The number of hydrogen-bond donors (Lipinski definition) is 1. The van der Waals surface area contributed by atoms with Gasteiger partial charge >= 0.3 is 0 Å². The highest BCUT2D eigenvalue weighted by Gasteiger charge is 2.11. The van der Waals surface area contributed by atoms with Crippen LogP contribution in [0.2, 0.25) is 0 Å². The summed E-state index contributed by atoms with van der Waals surface area (Å²) >= 11 is 0. The lowest BCUT2D eigenvalue weighted by Gasteiger charge is -2.05. The first-order valence-corrected chi connectivity index (χ1v) is 7.46. The number of furan rings is 1. The van der Waals surface area contributed by atoms with Gasteiger partial charge in [0.25, 0.3) is 0 Å². The number of hydrogen-bond acceptors (Lipinski definition) is 2. The molecule has 2 nitrogen and oxygen atoms in total. The molecular formula is C19H21NO. The van der Waals surface area contributed by atoms with E-state index in [1.807, 2.05) is 6.07 Å². The largest absolute Gasteiger partial charge is 0.459 e. The maximum atomic E-state index is 5.98. The van der Waals surface area contributed by atoms with Crippen molar-refractivity contribution in [3.05, 3.63) is 59.9 Å². The Hall–Kier alpha value is -2.06. The molecule has 1 aromatic heterocycles. The summed E-state index contributed by atoms with van der Waals surface area (Å²) in [5.74, 6) is 1.03. The summed E-state index contributed by atoms with van der Waals surface area (Å²) in [6, 6.07) is 17.3. The van der Waals surface area contributed by atoms with Gasteiger partial charge in [-0.1, -0.05) is 50.2 Å². The molecule has 0 spiro atoms. The fraction of sp³-hybridized carbons (Fsp3) is 0.263. The molecule has 21 heavy (non-hydrogen) atoms. The van der Waals surface area contributed by atoms with Crippen molar-refractivity contribution in [2.75, 3.05) is 0 Å². The molecule has 0 amide bonds. The van der Waals surface area contributed by atoms with Gasteiger partial charge in [0.15, 0.2) is 0 Å². The lowest BCUT2D eigenvalue weighted by Crippen LogP contribution is -2.21. The Kier molecular flexibility index (Phi) is 3.80. The minimum atomic E-state index is 0.456. The standard InChI is InChI=1S/C19H21NO/c1-13(2)20-12-19-14(3)17-11-16(9-10-18(17)21-19)15-7-5-4-6-8-15/h4-11,13,20H,12H2,1-3H3. The molecule has 0 unspecified atom stereocenters. The lowest BCUT2D eigenvalue weighted by molar-refractivity contribution is 0.485. The fourth-order valence-corrected chi connectivity index (χ4v) is 2.55. The molecule has 0 atom stereocenters. The molecule has 0 bridgehead atoms. The monoisotopic (exact) mass is 279 g/mol. The lowest BCUT2D eigenvalue weighted by atomic mass is 10.0. The van der Waals surface area contributed by atoms with Crippen molar-refractivity contribution in [2.45, 2.75) is 33.4 Å². The van der Waals surface area contributed by atoms with E-state index < -0.39 is 0 Å². The van der Waals surface area contributed by atoms with E-state index in [4.69, 9.17) is 4.42 Å².